The van der Waals surface area contributed by atoms with Crippen LogP contribution in [0.1, 0.15) is 114 Å². The van der Waals surface area contributed by atoms with Crippen molar-refractivity contribution in [1.29, 1.82) is 0 Å². The molecule has 0 saturated heterocycles. The van der Waals surface area contributed by atoms with Crippen molar-refractivity contribution >= 4 is 116 Å². The van der Waals surface area contributed by atoms with E-state index in [4.69, 9.17) is 8.85 Å². The van der Waals surface area contributed by atoms with E-state index in [1.165, 1.54) is 0 Å². The van der Waals surface area contributed by atoms with E-state index in [0.717, 1.165) is 86.5 Å². The van der Waals surface area contributed by atoms with Gasteiger partial charge in [0.15, 0.2) is 16.6 Å². The molecule has 86 heavy (non-hydrogen) atoms. The maximum atomic E-state index is 15.0. The molecule has 0 aliphatic carbocycles. The molecule has 11 rings (SSSR count). The molecule has 444 valence electrons. The van der Waals surface area contributed by atoms with Crippen LogP contribution in [-0.4, -0.2) is 33.7 Å². The van der Waals surface area contributed by atoms with E-state index < -0.39 is 30.4 Å². The van der Waals surface area contributed by atoms with Crippen LogP contribution in [0.4, 0.5) is 0 Å². The minimum Gasteiger partial charge on any atom is -0.413 e. The Kier molecular flexibility index (Phi) is 15.2. The Morgan fingerprint density at radius 3 is 0.942 bits per heavy atom. The first kappa shape index (κ1) is 60.8. The van der Waals surface area contributed by atoms with Crippen molar-refractivity contribution in [2.75, 3.05) is 0 Å². The van der Waals surface area contributed by atoms with E-state index in [9.17, 15) is 19.2 Å². The summed E-state index contributed by atoms with van der Waals surface area (Å²) in [6.07, 6.45) is 0. The second-order valence-electron chi connectivity index (χ2n) is 29.2. The smallest absolute Gasteiger partial charge is 0.262 e. The first-order chi connectivity index (χ1) is 40.3. The van der Waals surface area contributed by atoms with E-state index >= 15 is 0 Å². The Hall–Kier alpha value is -6.87. The molecule has 2 aromatic heterocycles. The largest absolute Gasteiger partial charge is 0.413 e. The molecule has 0 bridgehead atoms. The lowest BCUT2D eigenvalue weighted by molar-refractivity contribution is 0.166. The first-order valence-electron chi connectivity index (χ1n) is 31.0. The fourth-order valence-electron chi connectivity index (χ4n) is 13.9. The van der Waals surface area contributed by atoms with Gasteiger partial charge in [-0.15, -0.1) is 0 Å². The molecule has 0 spiro atoms. The van der Waals surface area contributed by atoms with Crippen LogP contribution in [0.2, 0.25) is 47.3 Å². The third-order valence-corrected chi connectivity index (χ3v) is 35.7. The van der Waals surface area contributed by atoms with Crippen LogP contribution in [0.25, 0.3) is 86.2 Å². The lowest BCUT2D eigenvalue weighted by Gasteiger charge is -2.42. The number of hydrogen-bond acceptors (Lipinski definition) is 6. The van der Waals surface area contributed by atoms with Crippen LogP contribution in [0.15, 0.2) is 165 Å². The lowest BCUT2D eigenvalue weighted by Crippen LogP contribution is -2.65. The summed E-state index contributed by atoms with van der Waals surface area (Å²) >= 11 is 0. The van der Waals surface area contributed by atoms with Gasteiger partial charge in [-0.2, -0.15) is 0 Å². The SMILES string of the molecule is CC(C)C(c1ccc(CO[Si](C)(C)C(C)(C)C)cc1)(C(C)C)n1c(=O)c2cc3cc4cc5ccc6cc7cc8cc9c(=O)n([Si](c%10ccc(CO[Si](C)(C)C(C)(C)C)cc%10)(C(C)C)C(C)C)c(=O)c9cc8cc7cc6ccc5cc4cc3cc2c1=O. The minimum atomic E-state index is -3.02. The third kappa shape index (κ3) is 9.84. The summed E-state index contributed by atoms with van der Waals surface area (Å²) in [5.74, 6) is -0.158. The van der Waals surface area contributed by atoms with Crippen molar-refractivity contribution in [3.8, 4) is 0 Å². The molecule has 0 unspecified atom stereocenters. The third-order valence-electron chi connectivity index (χ3n) is 20.8. The van der Waals surface area contributed by atoms with E-state index in [-0.39, 0.29) is 55.2 Å². The van der Waals surface area contributed by atoms with Gasteiger partial charge in [0, 0.05) is 0 Å². The van der Waals surface area contributed by atoms with Crippen LogP contribution >= 0.6 is 0 Å². The van der Waals surface area contributed by atoms with Crippen LogP contribution in [0, 0.1) is 11.8 Å². The van der Waals surface area contributed by atoms with Gasteiger partial charge in [0.2, 0.25) is 8.24 Å². The van der Waals surface area contributed by atoms with Crippen molar-refractivity contribution in [3.05, 3.63) is 204 Å². The Morgan fingerprint density at radius 1 is 0.372 bits per heavy atom. The Bertz CT molecular complexity index is 4250. The number of benzene rings is 8. The van der Waals surface area contributed by atoms with E-state index in [0.29, 0.717) is 34.8 Å². The quantitative estimate of drug-likeness (QED) is 0.0795. The zero-order valence-electron chi connectivity index (χ0n) is 53.9. The molecule has 8 nitrogen and oxygen atoms in total. The zero-order valence-corrected chi connectivity index (χ0v) is 56.9. The first-order valence-corrected chi connectivity index (χ1v) is 38.9. The highest BCUT2D eigenvalue weighted by Gasteiger charge is 2.48. The topological polar surface area (TPSA) is 96.6 Å². The summed E-state index contributed by atoms with van der Waals surface area (Å²) in [6, 6.07) is 50.8. The average Bonchev–Trinajstić information content (AvgIpc) is 1.58. The van der Waals surface area contributed by atoms with E-state index in [2.05, 4.69) is 244 Å². The van der Waals surface area contributed by atoms with Crippen molar-refractivity contribution in [3.63, 3.8) is 0 Å². The van der Waals surface area contributed by atoms with Gasteiger partial charge in [-0.05, 0) is 218 Å². The predicted octanol–water partition coefficient (Wildman–Crippen LogP) is 18.0. The second-order valence-corrected chi connectivity index (χ2v) is 43.8. The van der Waals surface area contributed by atoms with E-state index in [1.807, 2.05) is 24.3 Å². The Morgan fingerprint density at radius 2 is 0.651 bits per heavy atom. The monoisotopic (exact) mass is 1190 g/mol. The van der Waals surface area contributed by atoms with Gasteiger partial charge in [0.1, 0.15) is 0 Å². The molecular weight excluding hydrogens is 1110 g/mol. The normalized spacial score (nSPS) is 13.6. The maximum absolute atomic E-state index is 15.0. The fraction of sp³-hybridized carbons (Fsp3) is 0.360. The molecule has 0 atom stereocenters. The van der Waals surface area contributed by atoms with Gasteiger partial charge >= 0.3 is 0 Å². The second kappa shape index (κ2) is 21.5. The van der Waals surface area contributed by atoms with Crippen LogP contribution in [0.3, 0.4) is 0 Å². The fourth-order valence-corrected chi connectivity index (χ4v) is 21.4. The van der Waals surface area contributed by atoms with Gasteiger partial charge in [0.05, 0.1) is 40.3 Å². The number of fused-ring (bicyclic) bond motifs is 8. The van der Waals surface area contributed by atoms with Gasteiger partial charge in [0.25, 0.3) is 22.2 Å². The van der Waals surface area contributed by atoms with Crippen molar-refractivity contribution in [1.82, 2.24) is 8.80 Å². The van der Waals surface area contributed by atoms with Gasteiger partial charge < -0.3 is 8.85 Å². The van der Waals surface area contributed by atoms with Crippen molar-refractivity contribution in [2.45, 2.75) is 163 Å². The Labute approximate surface area is 509 Å². The molecule has 0 N–H and O–H groups in total. The molecule has 2 heterocycles. The van der Waals surface area contributed by atoms with Crippen LogP contribution in [-0.2, 0) is 27.6 Å². The van der Waals surface area contributed by atoms with Gasteiger partial charge in [-0.3, -0.25) is 28.0 Å². The standard InChI is InChI=1S/C75H86N2O6Si3/c1-45(2)75(46(3)4,63-27-19-49(20-28-63)43-82-84(15,16)73(9,10)11)76-69(78)65-39-59-35-55-31-51-23-25-53-33-57-37-61-41-67-68(42-62(61)38-58(57)34-54(53)26-24-52(51)32-56(55)36-60(59)40-66(65)70(76)79)72(81)77(71(67)80)86(47(5)6,48(7)8)64-29-21-50(22-30-64)44-83-85(17,18)74(12,13)14/h19-42,45-48H,43-44H2,1-18H3. The summed E-state index contributed by atoms with van der Waals surface area (Å²) in [4.78, 5) is 59.8. The van der Waals surface area contributed by atoms with E-state index in [1.54, 1.807) is 8.80 Å². The summed E-state index contributed by atoms with van der Waals surface area (Å²) in [5.41, 5.74) is 1.39. The highest BCUT2D eigenvalue weighted by atomic mass is 28.4. The molecule has 0 aliphatic heterocycles. The maximum Gasteiger partial charge on any atom is 0.262 e. The summed E-state index contributed by atoms with van der Waals surface area (Å²) in [5, 5.41) is 15.1. The summed E-state index contributed by atoms with van der Waals surface area (Å²) < 4.78 is 16.4. The zero-order chi connectivity index (χ0) is 62.1. The molecule has 11 heteroatoms. The Balaban J connectivity index is 0.955. The molecule has 0 aliphatic rings. The average molecular weight is 1200 g/mol. The minimum absolute atomic E-state index is 0.0587. The molecule has 11 aromatic rings. The summed E-state index contributed by atoms with van der Waals surface area (Å²) in [7, 11) is -6.95. The molecule has 9 aromatic carbocycles. The number of hydrogen-bond donors (Lipinski definition) is 0. The molecule has 0 saturated carbocycles. The predicted molar refractivity (Wildman–Crippen MR) is 373 cm³/mol. The van der Waals surface area contributed by atoms with Crippen molar-refractivity contribution in [2.24, 2.45) is 11.8 Å². The molecular formula is C75H86N2O6Si3. The highest BCUT2D eigenvalue weighted by molar-refractivity contribution is 6.92. The van der Waals surface area contributed by atoms with Gasteiger partial charge in [-0.1, -0.05) is 170 Å². The molecule has 0 amide bonds. The van der Waals surface area contributed by atoms with Gasteiger partial charge in [-0.25, -0.2) is 0 Å². The van der Waals surface area contributed by atoms with Crippen molar-refractivity contribution < 1.29 is 8.85 Å². The lowest BCUT2D eigenvalue weighted by atomic mass is 9.71. The molecule has 0 radical (unpaired) electrons. The number of rotatable bonds is 14. The highest BCUT2D eigenvalue weighted by Crippen LogP contribution is 2.43. The number of nitrogens with zero attached hydrogens (tertiary/aromatic N) is 2. The van der Waals surface area contributed by atoms with Crippen LogP contribution < -0.4 is 27.4 Å². The summed E-state index contributed by atoms with van der Waals surface area (Å²) in [6.45, 7) is 40.8. The number of aromatic nitrogens is 2. The molecule has 0 fully saturated rings. The van der Waals surface area contributed by atoms with Crippen LogP contribution in [0.5, 0.6) is 0 Å².